The van der Waals surface area contributed by atoms with E-state index in [4.69, 9.17) is 19.4 Å². The van der Waals surface area contributed by atoms with Crippen molar-refractivity contribution in [1.82, 2.24) is 5.32 Å². The maximum atomic E-state index is 11.3. The van der Waals surface area contributed by atoms with Crippen molar-refractivity contribution >= 4 is 21.7 Å². The molecule has 0 saturated carbocycles. The second-order valence-electron chi connectivity index (χ2n) is 8.94. The molecule has 0 aliphatic carbocycles. The summed E-state index contributed by atoms with van der Waals surface area (Å²) in [5, 5.41) is 39.7. The Balaban J connectivity index is 0.00000177. The zero-order chi connectivity index (χ0) is 29.1. The van der Waals surface area contributed by atoms with E-state index in [1.54, 1.807) is 30.3 Å². The summed E-state index contributed by atoms with van der Waals surface area (Å²) in [6, 6.07) is 11.9. The Morgan fingerprint density at radius 1 is 1.00 bits per heavy atom. The maximum absolute atomic E-state index is 11.3. The number of anilines is 1. The zero-order valence-electron chi connectivity index (χ0n) is 22.6. The van der Waals surface area contributed by atoms with Crippen LogP contribution in [0.15, 0.2) is 42.5 Å². The van der Waals surface area contributed by atoms with Crippen LogP contribution in [-0.2, 0) is 37.5 Å². The van der Waals surface area contributed by atoms with Crippen molar-refractivity contribution in [3.8, 4) is 5.75 Å². The molecule has 0 radical (unpaired) electrons. The van der Waals surface area contributed by atoms with Crippen LogP contribution in [0.2, 0.25) is 0 Å². The number of rotatable bonds is 18. The molecule has 6 N–H and O–H groups in total. The molecule has 0 fully saturated rings. The monoisotopic (exact) mass is 570 g/mol. The summed E-state index contributed by atoms with van der Waals surface area (Å²) in [6.45, 7) is 4.08. The van der Waals surface area contributed by atoms with E-state index in [0.29, 0.717) is 49.8 Å². The van der Waals surface area contributed by atoms with Crippen LogP contribution in [0, 0.1) is 0 Å². The van der Waals surface area contributed by atoms with Gasteiger partial charge in [0.1, 0.15) is 5.75 Å². The number of nitrogens with one attached hydrogen (secondary N) is 2. The van der Waals surface area contributed by atoms with Crippen molar-refractivity contribution in [2.24, 2.45) is 0 Å². The third kappa shape index (κ3) is 17.5. The highest BCUT2D eigenvalue weighted by Crippen LogP contribution is 2.22. The third-order valence-corrected chi connectivity index (χ3v) is 5.87. The van der Waals surface area contributed by atoms with Gasteiger partial charge < -0.3 is 35.2 Å². The van der Waals surface area contributed by atoms with Gasteiger partial charge in [0.05, 0.1) is 38.8 Å². The molecule has 12 heteroatoms. The summed E-state index contributed by atoms with van der Waals surface area (Å²) in [5.41, 5.74) is 2.48. The van der Waals surface area contributed by atoms with Gasteiger partial charge in [-0.1, -0.05) is 31.0 Å². The van der Waals surface area contributed by atoms with Gasteiger partial charge in [0.2, 0.25) is 10.0 Å². The van der Waals surface area contributed by atoms with Gasteiger partial charge in [-0.25, -0.2) is 8.42 Å². The van der Waals surface area contributed by atoms with E-state index in [2.05, 4.69) is 10.0 Å². The van der Waals surface area contributed by atoms with Gasteiger partial charge in [0.15, 0.2) is 0 Å². The zero-order valence-corrected chi connectivity index (χ0v) is 23.5. The number of carbonyl (C=O) groups is 1. The number of aliphatic carboxylic acids is 1. The van der Waals surface area contributed by atoms with Crippen molar-refractivity contribution in [1.29, 1.82) is 0 Å². The smallest absolute Gasteiger partial charge is 0.300 e. The number of aliphatic hydroxyl groups excluding tert-OH is 2. The Kier molecular flexibility index (Phi) is 17.0. The molecule has 220 valence electrons. The summed E-state index contributed by atoms with van der Waals surface area (Å²) in [7, 11) is -3.30. The van der Waals surface area contributed by atoms with Crippen LogP contribution in [0.5, 0.6) is 5.75 Å². The first-order chi connectivity index (χ1) is 18.5. The van der Waals surface area contributed by atoms with E-state index in [1.807, 2.05) is 6.07 Å². The number of benzene rings is 2. The molecule has 0 bridgehead atoms. The first kappa shape index (κ1) is 34.3. The van der Waals surface area contributed by atoms with Crippen molar-refractivity contribution in [3.63, 3.8) is 0 Å². The molecule has 0 amide bonds. The fourth-order valence-electron chi connectivity index (χ4n) is 3.45. The number of hydrogen-bond donors (Lipinski definition) is 6. The quantitative estimate of drug-likeness (QED) is 0.146. The van der Waals surface area contributed by atoms with Gasteiger partial charge in [-0.3, -0.25) is 9.52 Å². The molecule has 0 unspecified atom stereocenters. The molecule has 0 saturated heterocycles. The number of hydrogen-bond acceptors (Lipinski definition) is 9. The number of aromatic hydroxyl groups is 1. The molecule has 11 nitrogen and oxygen atoms in total. The average molecular weight is 571 g/mol. The van der Waals surface area contributed by atoms with Gasteiger partial charge in [-0.05, 0) is 54.8 Å². The van der Waals surface area contributed by atoms with Crippen LogP contribution in [0.1, 0.15) is 55.4 Å². The lowest BCUT2D eigenvalue weighted by molar-refractivity contribution is -0.134. The molecule has 39 heavy (non-hydrogen) atoms. The van der Waals surface area contributed by atoms with Crippen LogP contribution in [-0.4, -0.2) is 74.0 Å². The largest absolute Gasteiger partial charge is 0.508 e. The number of aliphatic hydroxyl groups is 2. The summed E-state index contributed by atoms with van der Waals surface area (Å²) in [6.07, 6.45) is 4.52. The Morgan fingerprint density at radius 3 is 2.38 bits per heavy atom. The van der Waals surface area contributed by atoms with Crippen LogP contribution in [0.25, 0.3) is 0 Å². The van der Waals surface area contributed by atoms with E-state index >= 15 is 0 Å². The first-order valence-corrected chi connectivity index (χ1v) is 14.6. The molecular formula is C27H42N2O9S. The molecule has 2 rings (SSSR count). The molecule has 0 aromatic heterocycles. The lowest BCUT2D eigenvalue weighted by Crippen LogP contribution is -2.22. The first-order valence-electron chi connectivity index (χ1n) is 12.7. The molecule has 2 aromatic rings. The van der Waals surface area contributed by atoms with E-state index in [9.17, 15) is 23.7 Å². The number of unbranched alkanes of at least 4 members (excludes halogenated alkanes) is 3. The number of carboxylic acid groups (broad SMARTS) is 1. The van der Waals surface area contributed by atoms with Crippen molar-refractivity contribution < 1.29 is 43.1 Å². The van der Waals surface area contributed by atoms with E-state index < -0.39 is 22.1 Å². The molecule has 2 aromatic carbocycles. The number of ether oxygens (including phenoxy) is 2. The fraction of sp³-hybridized carbons (Fsp3) is 0.519. The van der Waals surface area contributed by atoms with Crippen LogP contribution in [0.4, 0.5) is 5.69 Å². The molecule has 0 spiro atoms. The molecule has 0 heterocycles. The Bertz CT molecular complexity index is 1080. The molecule has 1 atom stereocenters. The number of carboxylic acids is 1. The second kappa shape index (κ2) is 19.3. The van der Waals surface area contributed by atoms with Gasteiger partial charge in [0.25, 0.3) is 5.97 Å². The summed E-state index contributed by atoms with van der Waals surface area (Å²) in [5.74, 6) is -0.806. The standard InChI is InChI=1S/C25H38N2O7S.C2H4O2/c1-35(31,32)27-23-8-6-7-20(15-23)19-34-14-13-33-12-5-3-2-4-11-26-17-25(30)21-9-10-24(29)22(16-21)18-28;1-2(3)4/h6-10,15-16,25-30H,2-5,11-14,17-19H2,1H3;1H3,(H,3,4)/t25-;/m0./s1. The van der Waals surface area contributed by atoms with E-state index in [1.165, 1.54) is 6.07 Å². The third-order valence-electron chi connectivity index (χ3n) is 5.26. The lowest BCUT2D eigenvalue weighted by atomic mass is 10.1. The Morgan fingerprint density at radius 2 is 1.69 bits per heavy atom. The minimum absolute atomic E-state index is 0.0277. The van der Waals surface area contributed by atoms with Crippen LogP contribution in [0.3, 0.4) is 0 Å². The van der Waals surface area contributed by atoms with Gasteiger partial charge in [-0.15, -0.1) is 0 Å². The number of sulfonamides is 1. The highest BCUT2D eigenvalue weighted by atomic mass is 32.2. The average Bonchev–Trinajstić information content (AvgIpc) is 2.86. The van der Waals surface area contributed by atoms with Crippen LogP contribution >= 0.6 is 0 Å². The predicted molar refractivity (Wildman–Crippen MR) is 149 cm³/mol. The fourth-order valence-corrected chi connectivity index (χ4v) is 4.01. The topological polar surface area (TPSA) is 175 Å². The minimum atomic E-state index is -3.30. The minimum Gasteiger partial charge on any atom is -0.508 e. The molecule has 0 aliphatic heterocycles. The maximum Gasteiger partial charge on any atom is 0.300 e. The second-order valence-corrected chi connectivity index (χ2v) is 10.7. The van der Waals surface area contributed by atoms with Crippen LogP contribution < -0.4 is 10.0 Å². The Labute approximate surface area is 230 Å². The van der Waals surface area contributed by atoms with E-state index in [-0.39, 0.29) is 12.4 Å². The van der Waals surface area contributed by atoms with E-state index in [0.717, 1.165) is 51.0 Å². The number of phenols is 1. The molecular weight excluding hydrogens is 528 g/mol. The molecule has 0 aliphatic rings. The van der Waals surface area contributed by atoms with Gasteiger partial charge >= 0.3 is 0 Å². The summed E-state index contributed by atoms with van der Waals surface area (Å²) < 4.78 is 36.2. The Hall–Kier alpha value is -2.74. The predicted octanol–water partition coefficient (Wildman–Crippen LogP) is 2.76. The summed E-state index contributed by atoms with van der Waals surface area (Å²) in [4.78, 5) is 9.00. The van der Waals surface area contributed by atoms with Crippen molar-refractivity contribution in [2.75, 3.05) is 43.9 Å². The van der Waals surface area contributed by atoms with Gasteiger partial charge in [-0.2, -0.15) is 0 Å². The van der Waals surface area contributed by atoms with Crippen molar-refractivity contribution in [2.45, 2.75) is 51.9 Å². The SMILES string of the molecule is CC(=O)O.CS(=O)(=O)Nc1cccc(COCCOCCCCCCNC[C@H](O)c2ccc(O)c(CO)c2)c1. The van der Waals surface area contributed by atoms with Gasteiger partial charge in [0, 0.05) is 31.3 Å². The highest BCUT2D eigenvalue weighted by molar-refractivity contribution is 7.92. The summed E-state index contributed by atoms with van der Waals surface area (Å²) >= 11 is 0. The van der Waals surface area contributed by atoms with Crippen molar-refractivity contribution in [3.05, 3.63) is 59.2 Å². The normalized spacial score (nSPS) is 11.9. The lowest BCUT2D eigenvalue weighted by Gasteiger charge is -2.14. The highest BCUT2D eigenvalue weighted by Gasteiger charge is 2.10.